The van der Waals surface area contributed by atoms with E-state index in [0.29, 0.717) is 17.9 Å². The van der Waals surface area contributed by atoms with Crippen LogP contribution in [0.15, 0.2) is 47.5 Å². The Morgan fingerprint density at radius 2 is 1.79 bits per heavy atom. The summed E-state index contributed by atoms with van der Waals surface area (Å²) >= 11 is -0.271. The normalized spacial score (nSPS) is 15.4. The SMILES string of the molecule is CN(C)CCCNCCC(=O)Nc1cc(CN2C(=O)N(c3ccc(SC(F)(F)F)cc3)C(=O)C2(C)C)ccn1. The first-order valence-corrected chi connectivity index (χ1v) is 13.2. The van der Waals surface area contributed by atoms with Crippen molar-refractivity contribution in [2.24, 2.45) is 0 Å². The molecule has 0 unspecified atom stereocenters. The van der Waals surface area contributed by atoms with Crippen molar-refractivity contribution >= 4 is 41.1 Å². The fourth-order valence-corrected chi connectivity index (χ4v) is 4.54. The van der Waals surface area contributed by atoms with Crippen LogP contribution in [0.2, 0.25) is 0 Å². The van der Waals surface area contributed by atoms with E-state index in [1.165, 1.54) is 35.4 Å². The van der Waals surface area contributed by atoms with Gasteiger partial charge in [-0.15, -0.1) is 0 Å². The maximum atomic E-state index is 13.3. The first-order chi connectivity index (χ1) is 18.3. The number of nitrogens with one attached hydrogen (secondary N) is 2. The van der Waals surface area contributed by atoms with Crippen LogP contribution in [0.4, 0.5) is 29.5 Å². The lowest BCUT2D eigenvalue weighted by Gasteiger charge is -2.27. The van der Waals surface area contributed by atoms with Gasteiger partial charge in [0, 0.05) is 30.6 Å². The quantitative estimate of drug-likeness (QED) is 0.225. The molecule has 1 fully saturated rings. The zero-order valence-electron chi connectivity index (χ0n) is 22.3. The van der Waals surface area contributed by atoms with Gasteiger partial charge in [0.25, 0.3) is 5.91 Å². The van der Waals surface area contributed by atoms with Crippen molar-refractivity contribution in [2.45, 2.75) is 49.2 Å². The summed E-state index contributed by atoms with van der Waals surface area (Å²) in [6.07, 6.45) is 2.76. The van der Waals surface area contributed by atoms with Crippen molar-refractivity contribution < 1.29 is 27.6 Å². The van der Waals surface area contributed by atoms with E-state index >= 15 is 0 Å². The summed E-state index contributed by atoms with van der Waals surface area (Å²) in [5.41, 5.74) is -4.81. The number of nitrogens with zero attached hydrogens (tertiary/aromatic N) is 4. The number of alkyl halides is 3. The van der Waals surface area contributed by atoms with E-state index in [-0.39, 0.29) is 41.2 Å². The molecule has 2 heterocycles. The minimum atomic E-state index is -4.44. The van der Waals surface area contributed by atoms with Crippen molar-refractivity contribution in [2.75, 3.05) is 43.9 Å². The van der Waals surface area contributed by atoms with Crippen molar-refractivity contribution in [3.8, 4) is 0 Å². The third-order valence-corrected chi connectivity index (χ3v) is 6.81. The van der Waals surface area contributed by atoms with Gasteiger partial charge in [-0.1, -0.05) is 0 Å². The minimum absolute atomic E-state index is 0.0482. The molecule has 1 aromatic heterocycles. The summed E-state index contributed by atoms with van der Waals surface area (Å²) in [6.45, 7) is 5.58. The third-order valence-electron chi connectivity index (χ3n) is 6.07. The largest absolute Gasteiger partial charge is 0.446 e. The number of imide groups is 1. The number of anilines is 2. The minimum Gasteiger partial charge on any atom is -0.316 e. The Bertz CT molecular complexity index is 1170. The van der Waals surface area contributed by atoms with E-state index in [4.69, 9.17) is 0 Å². The van der Waals surface area contributed by atoms with Crippen LogP contribution in [-0.4, -0.2) is 77.4 Å². The highest BCUT2D eigenvalue weighted by Crippen LogP contribution is 2.39. The molecular weight excluding hydrogens is 533 g/mol. The number of benzene rings is 1. The van der Waals surface area contributed by atoms with Gasteiger partial charge in [-0.3, -0.25) is 9.59 Å². The van der Waals surface area contributed by atoms with Crippen LogP contribution in [0.5, 0.6) is 0 Å². The summed E-state index contributed by atoms with van der Waals surface area (Å²) < 4.78 is 37.9. The van der Waals surface area contributed by atoms with Gasteiger partial charge < -0.3 is 20.4 Å². The molecule has 13 heteroatoms. The molecule has 0 bridgehead atoms. The van der Waals surface area contributed by atoms with Gasteiger partial charge in [-0.2, -0.15) is 13.2 Å². The highest BCUT2D eigenvalue weighted by atomic mass is 32.2. The van der Waals surface area contributed by atoms with Crippen LogP contribution in [0, 0.1) is 0 Å². The number of carbonyl (C=O) groups excluding carboxylic acids is 3. The number of pyridine rings is 1. The van der Waals surface area contributed by atoms with Crippen LogP contribution >= 0.6 is 11.8 Å². The van der Waals surface area contributed by atoms with Crippen LogP contribution in [0.3, 0.4) is 0 Å². The number of rotatable bonds is 12. The second-order valence-electron chi connectivity index (χ2n) is 9.86. The van der Waals surface area contributed by atoms with E-state index < -0.39 is 23.0 Å². The third kappa shape index (κ3) is 8.41. The molecule has 0 saturated carbocycles. The first-order valence-electron chi connectivity index (χ1n) is 12.4. The van der Waals surface area contributed by atoms with Gasteiger partial charge in [-0.05, 0) is 101 Å². The first kappa shape index (κ1) is 30.4. The van der Waals surface area contributed by atoms with Crippen LogP contribution in [0.25, 0.3) is 0 Å². The van der Waals surface area contributed by atoms with E-state index in [1.807, 2.05) is 14.1 Å². The predicted octanol–water partition coefficient (Wildman–Crippen LogP) is 4.31. The smallest absolute Gasteiger partial charge is 0.316 e. The molecule has 1 aromatic carbocycles. The Labute approximate surface area is 230 Å². The van der Waals surface area contributed by atoms with Gasteiger partial charge in [0.05, 0.1) is 5.69 Å². The van der Waals surface area contributed by atoms with E-state index in [0.717, 1.165) is 24.4 Å². The van der Waals surface area contributed by atoms with Crippen LogP contribution < -0.4 is 15.5 Å². The Hall–Kier alpha value is -3.16. The summed E-state index contributed by atoms with van der Waals surface area (Å²) in [7, 11) is 4.01. The highest BCUT2D eigenvalue weighted by molar-refractivity contribution is 8.00. The molecule has 1 aliphatic heterocycles. The molecular formula is C26H33F3N6O3S. The highest BCUT2D eigenvalue weighted by Gasteiger charge is 2.51. The summed E-state index contributed by atoms with van der Waals surface area (Å²) in [5.74, 6) is -0.370. The predicted molar refractivity (Wildman–Crippen MR) is 144 cm³/mol. The Balaban J connectivity index is 1.62. The number of hydrogen-bond donors (Lipinski definition) is 2. The molecule has 9 nitrogen and oxygen atoms in total. The average Bonchev–Trinajstić information content (AvgIpc) is 3.00. The molecule has 0 radical (unpaired) electrons. The molecule has 2 aromatic rings. The zero-order chi connectivity index (χ0) is 28.8. The fraction of sp³-hybridized carbons (Fsp3) is 0.462. The number of carbonyl (C=O) groups is 3. The van der Waals surface area contributed by atoms with Crippen molar-refractivity contribution in [3.63, 3.8) is 0 Å². The van der Waals surface area contributed by atoms with Crippen LogP contribution in [-0.2, 0) is 16.1 Å². The topological polar surface area (TPSA) is 97.9 Å². The number of thioether (sulfide) groups is 1. The Kier molecular flexibility index (Phi) is 9.97. The van der Waals surface area contributed by atoms with Crippen LogP contribution in [0.1, 0.15) is 32.3 Å². The second kappa shape index (κ2) is 12.8. The molecule has 2 N–H and O–H groups in total. The van der Waals surface area contributed by atoms with E-state index in [2.05, 4.69) is 20.5 Å². The summed E-state index contributed by atoms with van der Waals surface area (Å²) in [5, 5.41) is 5.98. The van der Waals surface area contributed by atoms with Gasteiger partial charge in [-0.25, -0.2) is 14.7 Å². The monoisotopic (exact) mass is 566 g/mol. The standard InChI is InChI=1S/C26H33F3N6O3S/c1-25(2)23(37)35(19-6-8-20(9-7-19)39-26(27,28)29)24(38)34(25)17-18-10-14-31-21(16-18)32-22(36)11-13-30-12-5-15-33(3)4/h6-10,14,16,30H,5,11-13,15,17H2,1-4H3,(H,31,32,36). The summed E-state index contributed by atoms with van der Waals surface area (Å²) in [6, 6.07) is 7.82. The molecule has 3 rings (SSSR count). The fourth-order valence-electron chi connectivity index (χ4n) is 4.00. The summed E-state index contributed by atoms with van der Waals surface area (Å²) in [4.78, 5) is 47.4. The number of urea groups is 1. The van der Waals surface area contributed by atoms with E-state index in [1.54, 1.807) is 26.0 Å². The van der Waals surface area contributed by atoms with Crippen molar-refractivity contribution in [1.82, 2.24) is 20.1 Å². The van der Waals surface area contributed by atoms with Gasteiger partial charge in [0.2, 0.25) is 5.91 Å². The van der Waals surface area contributed by atoms with Crippen molar-refractivity contribution in [1.29, 1.82) is 0 Å². The zero-order valence-corrected chi connectivity index (χ0v) is 23.2. The second-order valence-corrected chi connectivity index (χ2v) is 11.0. The van der Waals surface area contributed by atoms with Gasteiger partial charge >= 0.3 is 11.5 Å². The molecule has 39 heavy (non-hydrogen) atoms. The lowest BCUT2D eigenvalue weighted by molar-refractivity contribution is -0.123. The van der Waals surface area contributed by atoms with Gasteiger partial charge in [0.1, 0.15) is 11.4 Å². The molecule has 212 valence electrons. The molecule has 1 aliphatic rings. The number of halogens is 3. The Morgan fingerprint density at radius 3 is 2.44 bits per heavy atom. The van der Waals surface area contributed by atoms with Gasteiger partial charge in [0.15, 0.2) is 0 Å². The lowest BCUT2D eigenvalue weighted by atomic mass is 10.0. The number of hydrogen-bond acceptors (Lipinski definition) is 7. The number of amides is 4. The number of aromatic nitrogens is 1. The molecule has 0 atom stereocenters. The Morgan fingerprint density at radius 1 is 1.10 bits per heavy atom. The maximum Gasteiger partial charge on any atom is 0.446 e. The average molecular weight is 567 g/mol. The molecule has 1 saturated heterocycles. The lowest BCUT2D eigenvalue weighted by Crippen LogP contribution is -2.43. The molecule has 4 amide bonds. The molecule has 0 spiro atoms. The van der Waals surface area contributed by atoms with E-state index in [9.17, 15) is 27.6 Å². The maximum absolute atomic E-state index is 13.3. The molecule has 0 aliphatic carbocycles. The van der Waals surface area contributed by atoms with Crippen molar-refractivity contribution in [3.05, 3.63) is 48.2 Å².